The molecule has 9 nitrogen and oxygen atoms in total. The standard InChI is InChI=1S/C26H32N4O3.C5H11N.C2H3N/c1-5-21(31)29-14-16-30(17-15-29)22-18-10-11-26(33-23(18)28-24(27-22)32-4)13-12-25(2,3)19-8-6-7-9-20(19)26;1-6-4-2-3-5-6;1-2-3/h5-9H,1,10-17H2,2-4H3;2-5H2,1H3;1H3. The van der Waals surface area contributed by atoms with E-state index < -0.39 is 0 Å². The Morgan fingerprint density at radius 3 is 2.26 bits per heavy atom. The topological polar surface area (TPSA) is 94.8 Å². The second-order valence-corrected chi connectivity index (χ2v) is 12.1. The highest BCUT2D eigenvalue weighted by Crippen LogP contribution is 2.52. The minimum Gasteiger partial charge on any atom is -0.467 e. The molecule has 2 fully saturated rings. The van der Waals surface area contributed by atoms with E-state index in [2.05, 4.69) is 66.5 Å². The summed E-state index contributed by atoms with van der Waals surface area (Å²) < 4.78 is 12.3. The number of benzene rings is 1. The zero-order chi connectivity index (χ0) is 30.3. The van der Waals surface area contributed by atoms with Gasteiger partial charge in [0.05, 0.1) is 18.7 Å². The van der Waals surface area contributed by atoms with E-state index in [4.69, 9.17) is 19.7 Å². The Labute approximate surface area is 251 Å². The lowest BCUT2D eigenvalue weighted by molar-refractivity contribution is -0.126. The van der Waals surface area contributed by atoms with Gasteiger partial charge in [-0.1, -0.05) is 44.7 Å². The quantitative estimate of drug-likeness (QED) is 0.480. The van der Waals surface area contributed by atoms with Gasteiger partial charge in [-0.25, -0.2) is 0 Å². The molecule has 0 N–H and O–H groups in total. The number of aromatic nitrogens is 2. The smallest absolute Gasteiger partial charge is 0.321 e. The predicted octanol–water partition coefficient (Wildman–Crippen LogP) is 4.85. The molecule has 0 bridgehead atoms. The van der Waals surface area contributed by atoms with Crippen molar-refractivity contribution in [3.05, 3.63) is 53.6 Å². The highest BCUT2D eigenvalue weighted by Gasteiger charge is 2.47. The lowest BCUT2D eigenvalue weighted by Crippen LogP contribution is -2.49. The minimum absolute atomic E-state index is 0.0267. The number of nitriles is 1. The van der Waals surface area contributed by atoms with Crippen molar-refractivity contribution >= 4 is 11.7 Å². The Morgan fingerprint density at radius 2 is 1.69 bits per heavy atom. The molecule has 226 valence electrons. The van der Waals surface area contributed by atoms with Gasteiger partial charge in [0.15, 0.2) is 0 Å². The number of piperazine rings is 1. The fraction of sp³-hybridized carbons (Fsp3) is 0.576. The fourth-order valence-electron chi connectivity index (χ4n) is 6.42. The summed E-state index contributed by atoms with van der Waals surface area (Å²) in [6, 6.07) is 10.8. The first-order valence-corrected chi connectivity index (χ1v) is 15.1. The van der Waals surface area contributed by atoms with Crippen LogP contribution in [0.1, 0.15) is 69.6 Å². The Balaban J connectivity index is 0.000000390. The average Bonchev–Trinajstić information content (AvgIpc) is 3.50. The molecule has 4 heterocycles. The fourth-order valence-corrected chi connectivity index (χ4v) is 6.42. The summed E-state index contributed by atoms with van der Waals surface area (Å²) in [6.45, 7) is 15.0. The molecule has 0 saturated carbocycles. The van der Waals surface area contributed by atoms with Crippen LogP contribution in [0.25, 0.3) is 0 Å². The average molecular weight is 575 g/mol. The number of hydrogen-bond acceptors (Lipinski definition) is 8. The molecule has 1 aromatic heterocycles. The normalized spacial score (nSPS) is 22.2. The molecule has 1 amide bonds. The lowest BCUT2D eigenvalue weighted by Gasteiger charge is -2.47. The Morgan fingerprint density at radius 1 is 1.05 bits per heavy atom. The first-order valence-electron chi connectivity index (χ1n) is 15.1. The van der Waals surface area contributed by atoms with Gasteiger partial charge in [-0.3, -0.25) is 4.79 Å². The van der Waals surface area contributed by atoms with Gasteiger partial charge in [-0.05, 0) is 81.3 Å². The predicted molar refractivity (Wildman–Crippen MR) is 165 cm³/mol. The third-order valence-corrected chi connectivity index (χ3v) is 8.88. The number of hydrogen-bond donors (Lipinski definition) is 0. The van der Waals surface area contributed by atoms with Crippen LogP contribution < -0.4 is 14.4 Å². The molecular weight excluding hydrogens is 528 g/mol. The second-order valence-electron chi connectivity index (χ2n) is 12.1. The highest BCUT2D eigenvalue weighted by atomic mass is 16.5. The van der Waals surface area contributed by atoms with Gasteiger partial charge in [0.25, 0.3) is 0 Å². The van der Waals surface area contributed by atoms with Crippen molar-refractivity contribution in [3.63, 3.8) is 0 Å². The highest BCUT2D eigenvalue weighted by molar-refractivity contribution is 5.87. The van der Waals surface area contributed by atoms with E-state index in [0.717, 1.165) is 37.1 Å². The molecule has 1 spiro atoms. The Kier molecular flexibility index (Phi) is 10.1. The number of likely N-dealkylation sites (tertiary alicyclic amines) is 1. The zero-order valence-electron chi connectivity index (χ0n) is 26.0. The van der Waals surface area contributed by atoms with Crippen molar-refractivity contribution < 1.29 is 14.3 Å². The van der Waals surface area contributed by atoms with Gasteiger partial charge >= 0.3 is 6.01 Å². The number of carbonyl (C=O) groups is 1. The van der Waals surface area contributed by atoms with Crippen LogP contribution in [0.3, 0.4) is 0 Å². The van der Waals surface area contributed by atoms with Gasteiger partial charge < -0.3 is 24.2 Å². The third kappa shape index (κ3) is 6.70. The van der Waals surface area contributed by atoms with Crippen LogP contribution in [-0.4, -0.2) is 79.1 Å². The molecule has 3 aliphatic heterocycles. The molecule has 2 aromatic rings. The van der Waals surface area contributed by atoms with Gasteiger partial charge in [0.2, 0.25) is 11.8 Å². The van der Waals surface area contributed by atoms with Crippen molar-refractivity contribution in [2.75, 3.05) is 58.3 Å². The van der Waals surface area contributed by atoms with Gasteiger partial charge in [0.1, 0.15) is 11.4 Å². The lowest BCUT2D eigenvalue weighted by atomic mass is 9.65. The summed E-state index contributed by atoms with van der Waals surface area (Å²) >= 11 is 0. The zero-order valence-corrected chi connectivity index (χ0v) is 26.0. The van der Waals surface area contributed by atoms with E-state index in [-0.39, 0.29) is 16.9 Å². The molecule has 1 atom stereocenters. The van der Waals surface area contributed by atoms with Gasteiger partial charge in [0, 0.05) is 33.1 Å². The summed E-state index contributed by atoms with van der Waals surface area (Å²) in [7, 11) is 3.76. The summed E-state index contributed by atoms with van der Waals surface area (Å²) in [6.07, 6.45) is 7.96. The van der Waals surface area contributed by atoms with E-state index in [1.807, 2.05) is 4.90 Å². The van der Waals surface area contributed by atoms with Crippen LogP contribution in [0.2, 0.25) is 0 Å². The number of nitrogens with zero attached hydrogens (tertiary/aromatic N) is 6. The third-order valence-electron chi connectivity index (χ3n) is 8.88. The summed E-state index contributed by atoms with van der Waals surface area (Å²) in [5.74, 6) is 1.46. The molecule has 4 aliphatic rings. The molecule has 1 unspecified atom stereocenters. The summed E-state index contributed by atoms with van der Waals surface area (Å²) in [5, 5.41) is 7.32. The number of amides is 1. The van der Waals surface area contributed by atoms with Crippen LogP contribution in [0.4, 0.5) is 5.82 Å². The van der Waals surface area contributed by atoms with E-state index in [0.29, 0.717) is 38.1 Å². The van der Waals surface area contributed by atoms with Gasteiger partial charge in [-0.15, -0.1) is 0 Å². The Bertz CT molecular complexity index is 1290. The molecule has 42 heavy (non-hydrogen) atoms. The van der Waals surface area contributed by atoms with E-state index in [1.165, 1.54) is 50.1 Å². The number of anilines is 1. The molecular formula is C33H46N6O3. The first-order chi connectivity index (χ1) is 20.2. The largest absolute Gasteiger partial charge is 0.467 e. The van der Waals surface area contributed by atoms with Crippen LogP contribution in [0, 0.1) is 11.3 Å². The summed E-state index contributed by atoms with van der Waals surface area (Å²) in [4.78, 5) is 27.7. The SMILES string of the molecule is C=CC(=O)N1CCN(c2nc(OC)nc3c2CCC2(CCC(C)(C)c4ccccc42)O3)CC1.CC#N.CN1CCCC1. The number of rotatable bonds is 3. The molecule has 0 radical (unpaired) electrons. The molecule has 9 heteroatoms. The van der Waals surface area contributed by atoms with Crippen LogP contribution >= 0.6 is 0 Å². The maximum Gasteiger partial charge on any atom is 0.321 e. The van der Waals surface area contributed by atoms with Crippen molar-refractivity contribution in [2.24, 2.45) is 0 Å². The van der Waals surface area contributed by atoms with Crippen molar-refractivity contribution in [2.45, 2.75) is 70.3 Å². The molecule has 1 aliphatic carbocycles. The van der Waals surface area contributed by atoms with E-state index in [9.17, 15) is 4.79 Å². The van der Waals surface area contributed by atoms with Crippen molar-refractivity contribution in [3.8, 4) is 18.0 Å². The monoisotopic (exact) mass is 574 g/mol. The van der Waals surface area contributed by atoms with E-state index in [1.54, 1.807) is 13.2 Å². The molecule has 2 saturated heterocycles. The second kappa shape index (κ2) is 13.6. The minimum atomic E-state index is -0.370. The van der Waals surface area contributed by atoms with Crippen LogP contribution in [0.15, 0.2) is 36.9 Å². The number of carbonyl (C=O) groups excluding carboxylic acids is 1. The van der Waals surface area contributed by atoms with E-state index >= 15 is 0 Å². The maximum atomic E-state index is 12.0. The molecule has 1 aromatic carbocycles. The van der Waals surface area contributed by atoms with Crippen molar-refractivity contribution in [1.82, 2.24) is 19.8 Å². The number of ether oxygens (including phenoxy) is 2. The number of methoxy groups -OCH3 is 1. The number of fused-ring (bicyclic) bond motifs is 3. The van der Waals surface area contributed by atoms with Crippen LogP contribution in [-0.2, 0) is 22.2 Å². The van der Waals surface area contributed by atoms with Crippen molar-refractivity contribution in [1.29, 1.82) is 5.26 Å². The maximum absolute atomic E-state index is 12.0. The Hall–Kier alpha value is -3.64. The molecule has 6 rings (SSSR count). The first kappa shape index (κ1) is 31.3. The van der Waals surface area contributed by atoms with Crippen LogP contribution in [0.5, 0.6) is 11.9 Å². The van der Waals surface area contributed by atoms with Gasteiger partial charge in [-0.2, -0.15) is 15.2 Å². The summed E-state index contributed by atoms with van der Waals surface area (Å²) in [5.41, 5.74) is 3.44.